The van der Waals surface area contributed by atoms with Gasteiger partial charge in [-0.25, -0.2) is 12.1 Å². The molecular formula is C20H23FeN. The van der Waals surface area contributed by atoms with E-state index in [0.29, 0.717) is 0 Å². The van der Waals surface area contributed by atoms with Gasteiger partial charge in [0, 0.05) is 0 Å². The normalized spacial score (nSPS) is 9.82. The van der Waals surface area contributed by atoms with Crippen LogP contribution in [0.2, 0.25) is 0 Å². The average Bonchev–Trinajstić information content (AvgIpc) is 3.12. The minimum Gasteiger partial charge on any atom is -0.313 e. The van der Waals surface area contributed by atoms with Gasteiger partial charge in [0.15, 0.2) is 0 Å². The van der Waals surface area contributed by atoms with Crippen molar-refractivity contribution in [3.8, 4) is 11.1 Å². The van der Waals surface area contributed by atoms with Crippen LogP contribution in [0, 0.1) is 6.92 Å². The Morgan fingerprint density at radius 2 is 1.77 bits per heavy atom. The van der Waals surface area contributed by atoms with Gasteiger partial charge < -0.3 is 4.90 Å². The molecule has 0 heterocycles. The van der Waals surface area contributed by atoms with Crippen LogP contribution in [0.3, 0.4) is 0 Å². The summed E-state index contributed by atoms with van der Waals surface area (Å²) >= 11 is 0. The summed E-state index contributed by atoms with van der Waals surface area (Å²) in [5, 5.41) is 0. The predicted molar refractivity (Wildman–Crippen MR) is 91.6 cm³/mol. The van der Waals surface area contributed by atoms with Gasteiger partial charge in [-0.1, -0.05) is 23.3 Å². The van der Waals surface area contributed by atoms with Gasteiger partial charge in [-0.15, -0.1) is 41.5 Å². The molecule has 0 spiro atoms. The van der Waals surface area contributed by atoms with Crippen LogP contribution in [0.4, 0.5) is 0 Å². The summed E-state index contributed by atoms with van der Waals surface area (Å²) in [4.78, 5) is 2.19. The van der Waals surface area contributed by atoms with Crippen molar-refractivity contribution in [3.63, 3.8) is 0 Å². The van der Waals surface area contributed by atoms with E-state index >= 15 is 0 Å². The molecule has 22 heavy (non-hydrogen) atoms. The Bertz CT molecular complexity index is 618. The van der Waals surface area contributed by atoms with Crippen LogP contribution in [-0.2, 0) is 23.6 Å². The Labute approximate surface area is 144 Å². The van der Waals surface area contributed by atoms with Crippen molar-refractivity contribution < 1.29 is 17.1 Å². The molecule has 116 valence electrons. The molecule has 0 aliphatic rings. The minimum absolute atomic E-state index is 0. The molecule has 3 aromatic carbocycles. The average molecular weight is 333 g/mol. The molecule has 0 bridgehead atoms. The number of hydrogen-bond donors (Lipinski definition) is 0. The van der Waals surface area contributed by atoms with Gasteiger partial charge in [-0.2, -0.15) is 18.2 Å². The zero-order valence-electron chi connectivity index (χ0n) is 13.4. The van der Waals surface area contributed by atoms with E-state index in [4.69, 9.17) is 0 Å². The van der Waals surface area contributed by atoms with Gasteiger partial charge in [-0.05, 0) is 27.6 Å². The van der Waals surface area contributed by atoms with E-state index in [1.807, 2.05) is 30.3 Å². The van der Waals surface area contributed by atoms with Crippen molar-refractivity contribution in [3.05, 3.63) is 83.9 Å². The second-order valence-electron chi connectivity index (χ2n) is 5.58. The quantitative estimate of drug-likeness (QED) is 0.489. The minimum atomic E-state index is 0. The fourth-order valence-corrected chi connectivity index (χ4v) is 2.28. The molecule has 1 nitrogen and oxygen atoms in total. The van der Waals surface area contributed by atoms with Crippen LogP contribution < -0.4 is 0 Å². The van der Waals surface area contributed by atoms with Crippen LogP contribution in [0.1, 0.15) is 11.1 Å². The summed E-state index contributed by atoms with van der Waals surface area (Å²) < 4.78 is 0. The molecule has 0 aliphatic carbocycles. The third-order valence-electron chi connectivity index (χ3n) is 3.22. The Morgan fingerprint density at radius 3 is 2.32 bits per heavy atom. The summed E-state index contributed by atoms with van der Waals surface area (Å²) in [5.41, 5.74) is 5.32. The van der Waals surface area contributed by atoms with Crippen molar-refractivity contribution in [1.29, 1.82) is 0 Å². The first-order chi connectivity index (χ1) is 10.1. The van der Waals surface area contributed by atoms with Crippen molar-refractivity contribution >= 4 is 0 Å². The van der Waals surface area contributed by atoms with Crippen LogP contribution in [0.5, 0.6) is 0 Å². The van der Waals surface area contributed by atoms with Crippen molar-refractivity contribution in [2.24, 2.45) is 0 Å². The zero-order chi connectivity index (χ0) is 15.1. The van der Waals surface area contributed by atoms with E-state index in [1.54, 1.807) is 0 Å². The Balaban J connectivity index is 0.000000344. The third kappa shape index (κ3) is 6.03. The number of nitrogens with zero attached hydrogens (tertiary/aromatic N) is 1. The largest absolute Gasteiger partial charge is 2.00 e. The molecule has 0 fully saturated rings. The molecular weight excluding hydrogens is 310 g/mol. The summed E-state index contributed by atoms with van der Waals surface area (Å²) in [5.74, 6) is 0. The van der Waals surface area contributed by atoms with E-state index in [-0.39, 0.29) is 17.1 Å². The van der Waals surface area contributed by atoms with E-state index in [0.717, 1.165) is 6.54 Å². The Kier molecular flexibility index (Phi) is 7.90. The Hall–Kier alpha value is -1.60. The van der Waals surface area contributed by atoms with Gasteiger partial charge in [0.1, 0.15) is 0 Å². The van der Waals surface area contributed by atoms with Gasteiger partial charge in [0.25, 0.3) is 0 Å². The maximum absolute atomic E-state index is 2.27. The van der Waals surface area contributed by atoms with E-state index in [1.165, 1.54) is 22.3 Å². The van der Waals surface area contributed by atoms with E-state index in [2.05, 4.69) is 68.4 Å². The summed E-state index contributed by atoms with van der Waals surface area (Å²) in [7, 11) is 4.19. The molecule has 3 rings (SSSR count). The third-order valence-corrected chi connectivity index (χ3v) is 3.22. The molecule has 0 aliphatic heterocycles. The first-order valence-electron chi connectivity index (χ1n) is 7.29. The number of hydrogen-bond acceptors (Lipinski definition) is 1. The second-order valence-corrected chi connectivity index (χ2v) is 5.58. The van der Waals surface area contributed by atoms with Crippen LogP contribution in [0.25, 0.3) is 11.1 Å². The summed E-state index contributed by atoms with van der Waals surface area (Å²) in [6.45, 7) is 3.14. The van der Waals surface area contributed by atoms with E-state index in [9.17, 15) is 0 Å². The van der Waals surface area contributed by atoms with Crippen LogP contribution in [0.15, 0.2) is 72.8 Å². The molecule has 0 saturated heterocycles. The number of aryl methyl sites for hydroxylation is 1. The molecule has 0 aromatic heterocycles. The van der Waals surface area contributed by atoms with Gasteiger partial charge in [0.2, 0.25) is 0 Å². The van der Waals surface area contributed by atoms with Crippen LogP contribution in [-0.4, -0.2) is 19.0 Å². The van der Waals surface area contributed by atoms with Crippen LogP contribution >= 0.6 is 0 Å². The molecule has 0 amide bonds. The van der Waals surface area contributed by atoms with Gasteiger partial charge in [-0.3, -0.25) is 0 Å². The standard InChI is InChI=1S/C15H18N.C5H5.Fe/c1-12-5-4-6-14(9-12)15-8-7-13(10-15)11-16(2)3;1-2-4-5-3-1;/h4-10H,11H2,1-3H3;1-5H;/q2*-1;+2. The zero-order valence-corrected chi connectivity index (χ0v) is 14.5. The monoisotopic (exact) mass is 333 g/mol. The first-order valence-corrected chi connectivity index (χ1v) is 7.29. The second kappa shape index (κ2) is 9.42. The van der Waals surface area contributed by atoms with E-state index < -0.39 is 0 Å². The van der Waals surface area contributed by atoms with Crippen molar-refractivity contribution in [2.75, 3.05) is 14.1 Å². The predicted octanol–water partition coefficient (Wildman–Crippen LogP) is 4.85. The van der Waals surface area contributed by atoms with Gasteiger partial charge in [0.05, 0.1) is 0 Å². The summed E-state index contributed by atoms with van der Waals surface area (Å²) in [6, 6.07) is 25.3. The molecule has 0 atom stereocenters. The molecule has 2 heteroatoms. The molecule has 0 radical (unpaired) electrons. The van der Waals surface area contributed by atoms with Crippen molar-refractivity contribution in [1.82, 2.24) is 4.90 Å². The SMILES string of the molecule is Cc1cccc(-[c-]2ccc(CN(C)C)c2)c1.[Fe+2].c1cc[cH-]c1. The molecule has 0 saturated carbocycles. The summed E-state index contributed by atoms with van der Waals surface area (Å²) in [6.07, 6.45) is 0. The van der Waals surface area contributed by atoms with Crippen molar-refractivity contribution in [2.45, 2.75) is 13.5 Å². The molecule has 0 N–H and O–H groups in total. The van der Waals surface area contributed by atoms with Gasteiger partial charge >= 0.3 is 17.1 Å². The molecule has 3 aromatic rings. The maximum atomic E-state index is 2.27. The fourth-order valence-electron chi connectivity index (χ4n) is 2.28. The maximum Gasteiger partial charge on any atom is 2.00 e. The number of rotatable bonds is 3. The number of benzene rings is 1. The fraction of sp³-hybridized carbons (Fsp3) is 0.200. The Morgan fingerprint density at radius 1 is 1.05 bits per heavy atom. The smallest absolute Gasteiger partial charge is 0.313 e. The topological polar surface area (TPSA) is 3.24 Å². The first kappa shape index (κ1) is 18.4. The molecule has 0 unspecified atom stereocenters.